The minimum atomic E-state index is -0.963. The van der Waals surface area contributed by atoms with Crippen molar-refractivity contribution in [1.29, 1.82) is 0 Å². The fourth-order valence-corrected chi connectivity index (χ4v) is 1.79. The predicted octanol–water partition coefficient (Wildman–Crippen LogP) is 1.15. The van der Waals surface area contributed by atoms with Crippen molar-refractivity contribution in [2.75, 3.05) is 0 Å². The van der Waals surface area contributed by atoms with Crippen molar-refractivity contribution in [3.63, 3.8) is 0 Å². The van der Waals surface area contributed by atoms with Gasteiger partial charge in [0.15, 0.2) is 11.5 Å². The van der Waals surface area contributed by atoms with Crippen LogP contribution in [0.25, 0.3) is 0 Å². The van der Waals surface area contributed by atoms with Gasteiger partial charge in [0, 0.05) is 5.56 Å². The van der Waals surface area contributed by atoms with Crippen LogP contribution in [0.3, 0.4) is 0 Å². The van der Waals surface area contributed by atoms with Crippen LogP contribution in [0, 0.1) is 0 Å². The average molecular weight is 277 g/mol. The number of carbonyl (C=O) groups excluding carboxylic acids is 2. The Hall–Kier alpha value is -2.57. The normalized spacial score (nSPS) is 22.6. The number of hydrogen-bond acceptors (Lipinski definition) is 5. The monoisotopic (exact) mass is 277 g/mol. The number of urea groups is 1. The van der Waals surface area contributed by atoms with Gasteiger partial charge in [-0.2, -0.15) is 5.10 Å². The number of phenolic OH excluding ortho intramolecular Hbond substituents is 2. The molecule has 7 nitrogen and oxygen atoms in total. The molecule has 7 heteroatoms. The number of aromatic hydroxyl groups is 2. The second-order valence-electron chi connectivity index (χ2n) is 4.69. The molecule has 1 heterocycles. The van der Waals surface area contributed by atoms with E-state index in [1.807, 2.05) is 0 Å². The molecule has 0 bridgehead atoms. The molecule has 1 aliphatic heterocycles. The number of phenols is 2. The molecule has 1 atom stereocenters. The van der Waals surface area contributed by atoms with E-state index in [9.17, 15) is 19.8 Å². The van der Waals surface area contributed by atoms with Crippen LogP contribution in [-0.2, 0) is 4.79 Å². The molecule has 0 aliphatic carbocycles. The van der Waals surface area contributed by atoms with Crippen molar-refractivity contribution in [1.82, 2.24) is 10.3 Å². The molecule has 0 aromatic heterocycles. The van der Waals surface area contributed by atoms with Crippen molar-refractivity contribution in [3.05, 3.63) is 23.8 Å². The summed E-state index contributed by atoms with van der Waals surface area (Å²) in [6.07, 6.45) is 1.59. The minimum Gasteiger partial charge on any atom is -0.504 e. The number of hydrazone groups is 1. The average Bonchev–Trinajstić information content (AvgIpc) is 2.63. The van der Waals surface area contributed by atoms with Crippen molar-refractivity contribution in [2.45, 2.75) is 25.8 Å². The lowest BCUT2D eigenvalue weighted by atomic mass is 10.00. The Morgan fingerprint density at radius 1 is 1.40 bits per heavy atom. The first-order valence-electron chi connectivity index (χ1n) is 6.10. The second kappa shape index (κ2) is 4.84. The molecule has 2 rings (SSSR count). The summed E-state index contributed by atoms with van der Waals surface area (Å²) in [4.78, 5) is 23.8. The van der Waals surface area contributed by atoms with Crippen molar-refractivity contribution in [3.8, 4) is 11.5 Å². The van der Waals surface area contributed by atoms with Crippen LogP contribution >= 0.6 is 0 Å². The van der Waals surface area contributed by atoms with Gasteiger partial charge in [-0.1, -0.05) is 13.0 Å². The van der Waals surface area contributed by atoms with Crippen LogP contribution in [0.15, 0.2) is 23.3 Å². The maximum absolute atomic E-state index is 12.1. The summed E-state index contributed by atoms with van der Waals surface area (Å²) in [6, 6.07) is 3.71. The van der Waals surface area contributed by atoms with Crippen molar-refractivity contribution >= 4 is 18.2 Å². The van der Waals surface area contributed by atoms with Gasteiger partial charge in [0.05, 0.1) is 6.21 Å². The lowest BCUT2D eigenvalue weighted by Crippen LogP contribution is -2.42. The SMILES string of the molecule is CCC1(C)NC(=O)N(/N=C/c2cccc(O)c2O)C1=O. The van der Waals surface area contributed by atoms with Crippen molar-refractivity contribution in [2.24, 2.45) is 5.10 Å². The van der Waals surface area contributed by atoms with Crippen LogP contribution < -0.4 is 5.32 Å². The van der Waals surface area contributed by atoms with Crippen LogP contribution in [-0.4, -0.2) is 38.9 Å². The van der Waals surface area contributed by atoms with E-state index in [0.29, 0.717) is 11.4 Å². The summed E-state index contributed by atoms with van der Waals surface area (Å²) in [5, 5.41) is 26.0. The molecular formula is C13H15N3O4. The van der Waals surface area contributed by atoms with Gasteiger partial charge in [-0.25, -0.2) is 4.79 Å². The highest BCUT2D eigenvalue weighted by atomic mass is 16.3. The summed E-state index contributed by atoms with van der Waals surface area (Å²) in [6.45, 7) is 3.40. The molecule has 3 amide bonds. The Morgan fingerprint density at radius 3 is 2.70 bits per heavy atom. The van der Waals surface area contributed by atoms with Gasteiger partial charge in [0.2, 0.25) is 0 Å². The summed E-state index contributed by atoms with van der Waals surface area (Å²) in [7, 11) is 0. The smallest absolute Gasteiger partial charge is 0.346 e. The first-order valence-corrected chi connectivity index (χ1v) is 6.10. The number of nitrogens with one attached hydrogen (secondary N) is 1. The van der Waals surface area contributed by atoms with Gasteiger partial charge in [-0.3, -0.25) is 4.79 Å². The van der Waals surface area contributed by atoms with E-state index in [0.717, 1.165) is 6.21 Å². The molecule has 1 aliphatic rings. The first-order chi connectivity index (χ1) is 9.39. The third-order valence-electron chi connectivity index (χ3n) is 3.30. The van der Waals surface area contributed by atoms with Gasteiger partial charge in [0.25, 0.3) is 5.91 Å². The lowest BCUT2D eigenvalue weighted by molar-refractivity contribution is -0.130. The van der Waals surface area contributed by atoms with Crippen LogP contribution in [0.4, 0.5) is 4.79 Å². The number of rotatable bonds is 3. The molecule has 0 radical (unpaired) electrons. The van der Waals surface area contributed by atoms with Gasteiger partial charge in [0.1, 0.15) is 5.54 Å². The van der Waals surface area contributed by atoms with Crippen molar-refractivity contribution < 1.29 is 19.8 Å². The van der Waals surface area contributed by atoms with Gasteiger partial charge in [-0.15, -0.1) is 5.01 Å². The highest BCUT2D eigenvalue weighted by Gasteiger charge is 2.46. The molecule has 1 saturated heterocycles. The number of hydrogen-bond donors (Lipinski definition) is 3. The summed E-state index contributed by atoms with van der Waals surface area (Å²) < 4.78 is 0. The third-order valence-corrected chi connectivity index (χ3v) is 3.30. The standard InChI is InChI=1S/C13H15N3O4/c1-3-13(2)11(19)16(12(20)15-13)14-7-8-5-4-6-9(17)10(8)18/h4-7,17-18H,3H2,1-2H3,(H,15,20)/b14-7+. The van der Waals surface area contributed by atoms with Crippen LogP contribution in [0.2, 0.25) is 0 Å². The fourth-order valence-electron chi connectivity index (χ4n) is 1.79. The number of imide groups is 1. The highest BCUT2D eigenvalue weighted by Crippen LogP contribution is 2.27. The van der Waals surface area contributed by atoms with Gasteiger partial charge >= 0.3 is 6.03 Å². The van der Waals surface area contributed by atoms with E-state index in [-0.39, 0.29) is 17.1 Å². The molecule has 1 aromatic rings. The van der Waals surface area contributed by atoms with Crippen LogP contribution in [0.5, 0.6) is 11.5 Å². The van der Waals surface area contributed by atoms with E-state index in [2.05, 4.69) is 10.4 Å². The van der Waals surface area contributed by atoms with E-state index < -0.39 is 17.5 Å². The Bertz CT molecular complexity index is 599. The quantitative estimate of drug-likeness (QED) is 0.438. The Morgan fingerprint density at radius 2 is 2.10 bits per heavy atom. The maximum atomic E-state index is 12.1. The summed E-state index contributed by atoms with van der Waals surface area (Å²) in [5.74, 6) is -1.12. The third kappa shape index (κ3) is 2.18. The van der Waals surface area contributed by atoms with E-state index in [1.165, 1.54) is 18.2 Å². The fraction of sp³-hybridized carbons (Fsp3) is 0.308. The number of amides is 3. The number of carbonyl (C=O) groups is 2. The molecule has 1 fully saturated rings. The molecule has 106 valence electrons. The molecular weight excluding hydrogens is 262 g/mol. The minimum absolute atomic E-state index is 0.204. The van der Waals surface area contributed by atoms with E-state index in [1.54, 1.807) is 13.8 Å². The largest absolute Gasteiger partial charge is 0.504 e. The Kier molecular flexibility index (Phi) is 3.35. The number of nitrogens with zero attached hydrogens (tertiary/aromatic N) is 2. The van der Waals surface area contributed by atoms with E-state index in [4.69, 9.17) is 0 Å². The summed E-state index contributed by atoms with van der Waals surface area (Å²) in [5.41, 5.74) is -0.759. The molecule has 20 heavy (non-hydrogen) atoms. The molecule has 0 spiro atoms. The molecule has 3 N–H and O–H groups in total. The highest BCUT2D eigenvalue weighted by molar-refractivity contribution is 6.07. The van der Waals surface area contributed by atoms with Gasteiger partial charge < -0.3 is 15.5 Å². The Labute approximate surface area is 115 Å². The lowest BCUT2D eigenvalue weighted by Gasteiger charge is -2.17. The van der Waals surface area contributed by atoms with Gasteiger partial charge in [-0.05, 0) is 25.5 Å². The zero-order valence-electron chi connectivity index (χ0n) is 11.1. The zero-order valence-corrected chi connectivity index (χ0v) is 11.1. The van der Waals surface area contributed by atoms with E-state index >= 15 is 0 Å². The predicted molar refractivity (Wildman–Crippen MR) is 71.4 cm³/mol. The molecule has 1 aromatic carbocycles. The summed E-state index contributed by atoms with van der Waals surface area (Å²) >= 11 is 0. The molecule has 1 unspecified atom stereocenters. The van der Waals surface area contributed by atoms with Crippen LogP contribution in [0.1, 0.15) is 25.8 Å². The zero-order chi connectivity index (χ0) is 14.9. The number of para-hydroxylation sites is 1. The Balaban J connectivity index is 2.26. The topological polar surface area (TPSA) is 102 Å². The maximum Gasteiger partial charge on any atom is 0.346 e. The first kappa shape index (κ1) is 13.9. The molecule has 0 saturated carbocycles. The second-order valence-corrected chi connectivity index (χ2v) is 4.69. The number of benzene rings is 1.